The van der Waals surface area contributed by atoms with E-state index in [0.717, 1.165) is 25.1 Å². The van der Waals surface area contributed by atoms with Gasteiger partial charge < -0.3 is 10.2 Å². The van der Waals surface area contributed by atoms with Crippen LogP contribution >= 0.6 is 0 Å². The van der Waals surface area contributed by atoms with E-state index < -0.39 is 0 Å². The highest BCUT2D eigenvalue weighted by Gasteiger charge is 2.14. The lowest BCUT2D eigenvalue weighted by Gasteiger charge is -2.27. The van der Waals surface area contributed by atoms with Crippen LogP contribution in [0.5, 0.6) is 0 Å². The molecule has 20 heavy (non-hydrogen) atoms. The predicted octanol–water partition coefficient (Wildman–Crippen LogP) is 3.99. The monoisotopic (exact) mass is 280 g/mol. The first-order chi connectivity index (χ1) is 9.58. The van der Waals surface area contributed by atoms with Crippen molar-refractivity contribution in [2.24, 2.45) is 0 Å². The quantitative estimate of drug-likeness (QED) is 0.736. The van der Waals surface area contributed by atoms with E-state index in [-0.39, 0.29) is 11.9 Å². The first-order valence-corrected chi connectivity index (χ1v) is 7.77. The van der Waals surface area contributed by atoms with Gasteiger partial charge in [0.25, 0.3) is 0 Å². The lowest BCUT2D eigenvalue weighted by molar-refractivity contribution is 0.231. The Labute approximate surface area is 123 Å². The van der Waals surface area contributed by atoms with Crippen molar-refractivity contribution < 1.29 is 4.39 Å². The molecule has 1 aromatic rings. The topological polar surface area (TPSA) is 15.3 Å². The largest absolute Gasteiger partial charge is 0.310 e. The molecule has 0 bridgehead atoms. The summed E-state index contributed by atoms with van der Waals surface area (Å²) >= 11 is 0. The number of nitrogens with one attached hydrogen (secondary N) is 1. The SMILES string of the molecule is CCCC(C)N(C)CCC(NCC)c1cccc(F)c1. The summed E-state index contributed by atoms with van der Waals surface area (Å²) < 4.78 is 13.4. The smallest absolute Gasteiger partial charge is 0.123 e. The minimum absolute atomic E-state index is 0.155. The Balaban J connectivity index is 2.59. The Hall–Kier alpha value is -0.930. The molecular weight excluding hydrogens is 251 g/mol. The standard InChI is InChI=1S/C17H29FN2/c1-5-8-14(3)20(4)12-11-17(19-6-2)15-9-7-10-16(18)13-15/h7,9-10,13-14,17,19H,5-6,8,11-12H2,1-4H3. The van der Waals surface area contributed by atoms with Crippen LogP contribution in [-0.4, -0.2) is 31.1 Å². The Morgan fingerprint density at radius 1 is 1.25 bits per heavy atom. The molecule has 0 aliphatic rings. The van der Waals surface area contributed by atoms with E-state index in [2.05, 4.69) is 38.0 Å². The van der Waals surface area contributed by atoms with E-state index in [1.807, 2.05) is 6.07 Å². The van der Waals surface area contributed by atoms with Gasteiger partial charge in [-0.3, -0.25) is 0 Å². The summed E-state index contributed by atoms with van der Waals surface area (Å²) in [5, 5.41) is 3.46. The number of rotatable bonds is 9. The van der Waals surface area contributed by atoms with Crippen LogP contribution in [0.2, 0.25) is 0 Å². The summed E-state index contributed by atoms with van der Waals surface area (Å²) in [6.07, 6.45) is 3.44. The second kappa shape index (κ2) is 9.09. The van der Waals surface area contributed by atoms with Crippen molar-refractivity contribution in [3.05, 3.63) is 35.6 Å². The molecule has 2 unspecified atom stereocenters. The Bertz CT molecular complexity index is 381. The van der Waals surface area contributed by atoms with Gasteiger partial charge in [0.05, 0.1) is 0 Å². The van der Waals surface area contributed by atoms with Crippen molar-refractivity contribution in [3.63, 3.8) is 0 Å². The van der Waals surface area contributed by atoms with Crippen molar-refractivity contribution in [3.8, 4) is 0 Å². The van der Waals surface area contributed by atoms with E-state index >= 15 is 0 Å². The molecule has 114 valence electrons. The molecule has 0 spiro atoms. The van der Waals surface area contributed by atoms with Crippen LogP contribution in [0.4, 0.5) is 4.39 Å². The zero-order chi connectivity index (χ0) is 15.0. The normalized spacial score (nSPS) is 14.5. The Morgan fingerprint density at radius 3 is 2.60 bits per heavy atom. The average molecular weight is 280 g/mol. The molecular formula is C17H29FN2. The maximum Gasteiger partial charge on any atom is 0.123 e. The minimum atomic E-state index is -0.155. The van der Waals surface area contributed by atoms with Gasteiger partial charge in [-0.25, -0.2) is 4.39 Å². The number of benzene rings is 1. The third-order valence-corrected chi connectivity index (χ3v) is 3.93. The van der Waals surface area contributed by atoms with E-state index in [1.165, 1.54) is 18.9 Å². The van der Waals surface area contributed by atoms with Gasteiger partial charge in [0, 0.05) is 12.1 Å². The van der Waals surface area contributed by atoms with Crippen LogP contribution in [0.15, 0.2) is 24.3 Å². The van der Waals surface area contributed by atoms with Crippen molar-refractivity contribution in [2.75, 3.05) is 20.1 Å². The van der Waals surface area contributed by atoms with Gasteiger partial charge in [0.1, 0.15) is 5.82 Å². The molecule has 2 nitrogen and oxygen atoms in total. The zero-order valence-electron chi connectivity index (χ0n) is 13.3. The first kappa shape index (κ1) is 17.1. The first-order valence-electron chi connectivity index (χ1n) is 7.77. The number of halogens is 1. The Morgan fingerprint density at radius 2 is 2.00 bits per heavy atom. The summed E-state index contributed by atoms with van der Waals surface area (Å²) in [7, 11) is 2.18. The van der Waals surface area contributed by atoms with E-state index in [0.29, 0.717) is 6.04 Å². The van der Waals surface area contributed by atoms with Crippen molar-refractivity contribution in [2.45, 2.75) is 52.1 Å². The molecule has 1 aromatic carbocycles. The highest BCUT2D eigenvalue weighted by molar-refractivity contribution is 5.20. The van der Waals surface area contributed by atoms with E-state index in [1.54, 1.807) is 12.1 Å². The van der Waals surface area contributed by atoms with Crippen molar-refractivity contribution in [1.82, 2.24) is 10.2 Å². The van der Waals surface area contributed by atoms with E-state index in [9.17, 15) is 4.39 Å². The molecule has 1 rings (SSSR count). The fourth-order valence-corrected chi connectivity index (χ4v) is 2.55. The number of hydrogen-bond acceptors (Lipinski definition) is 2. The summed E-state index contributed by atoms with van der Waals surface area (Å²) in [5.74, 6) is -0.155. The van der Waals surface area contributed by atoms with Gasteiger partial charge >= 0.3 is 0 Å². The van der Waals surface area contributed by atoms with Gasteiger partial charge in [-0.05, 0) is 57.6 Å². The van der Waals surface area contributed by atoms with Crippen molar-refractivity contribution in [1.29, 1.82) is 0 Å². The lowest BCUT2D eigenvalue weighted by atomic mass is 10.0. The number of nitrogens with zero attached hydrogens (tertiary/aromatic N) is 1. The summed E-state index contributed by atoms with van der Waals surface area (Å²) in [6, 6.07) is 7.77. The van der Waals surface area contributed by atoms with Gasteiger partial charge in [-0.2, -0.15) is 0 Å². The molecule has 0 heterocycles. The summed E-state index contributed by atoms with van der Waals surface area (Å²) in [6.45, 7) is 8.51. The molecule has 0 aromatic heterocycles. The fourth-order valence-electron chi connectivity index (χ4n) is 2.55. The van der Waals surface area contributed by atoms with Gasteiger partial charge in [0.2, 0.25) is 0 Å². The van der Waals surface area contributed by atoms with Crippen LogP contribution in [0.3, 0.4) is 0 Å². The third kappa shape index (κ3) is 5.59. The highest BCUT2D eigenvalue weighted by Crippen LogP contribution is 2.19. The average Bonchev–Trinajstić information content (AvgIpc) is 2.43. The van der Waals surface area contributed by atoms with Gasteiger partial charge in [-0.15, -0.1) is 0 Å². The molecule has 0 saturated carbocycles. The van der Waals surface area contributed by atoms with Crippen molar-refractivity contribution >= 4 is 0 Å². The molecule has 0 aliphatic heterocycles. The second-order valence-corrected chi connectivity index (χ2v) is 5.57. The Kier molecular flexibility index (Phi) is 7.78. The number of hydrogen-bond donors (Lipinski definition) is 1. The molecule has 0 radical (unpaired) electrons. The van der Waals surface area contributed by atoms with Gasteiger partial charge in [0.15, 0.2) is 0 Å². The second-order valence-electron chi connectivity index (χ2n) is 5.57. The third-order valence-electron chi connectivity index (χ3n) is 3.93. The molecule has 0 amide bonds. The zero-order valence-corrected chi connectivity index (χ0v) is 13.3. The fraction of sp³-hybridized carbons (Fsp3) is 0.647. The molecule has 3 heteroatoms. The molecule has 1 N–H and O–H groups in total. The molecule has 0 fully saturated rings. The molecule has 0 aliphatic carbocycles. The minimum Gasteiger partial charge on any atom is -0.310 e. The highest BCUT2D eigenvalue weighted by atomic mass is 19.1. The predicted molar refractivity (Wildman–Crippen MR) is 84.4 cm³/mol. The van der Waals surface area contributed by atoms with Crippen LogP contribution in [0.25, 0.3) is 0 Å². The van der Waals surface area contributed by atoms with Crippen LogP contribution in [-0.2, 0) is 0 Å². The summed E-state index contributed by atoms with van der Waals surface area (Å²) in [4.78, 5) is 2.40. The lowest BCUT2D eigenvalue weighted by Crippen LogP contribution is -2.32. The maximum absolute atomic E-state index is 13.4. The summed E-state index contributed by atoms with van der Waals surface area (Å²) in [5.41, 5.74) is 1.04. The van der Waals surface area contributed by atoms with Gasteiger partial charge in [-0.1, -0.05) is 32.4 Å². The van der Waals surface area contributed by atoms with Crippen LogP contribution < -0.4 is 5.32 Å². The van der Waals surface area contributed by atoms with Crippen LogP contribution in [0, 0.1) is 5.82 Å². The van der Waals surface area contributed by atoms with Crippen LogP contribution in [0.1, 0.15) is 51.6 Å². The molecule has 2 atom stereocenters. The molecule has 0 saturated heterocycles. The maximum atomic E-state index is 13.4. The van der Waals surface area contributed by atoms with E-state index in [4.69, 9.17) is 0 Å².